The number of benzene rings is 4. The van der Waals surface area contributed by atoms with Crippen molar-refractivity contribution in [3.8, 4) is 11.5 Å². The Morgan fingerprint density at radius 1 is 0.788 bits per heavy atom. The summed E-state index contributed by atoms with van der Waals surface area (Å²) in [5.74, 6) is 1.41. The summed E-state index contributed by atoms with van der Waals surface area (Å²) >= 11 is 3.93. The summed E-state index contributed by atoms with van der Waals surface area (Å²) in [6, 6.07) is 34.2. The van der Waals surface area contributed by atoms with Crippen LogP contribution in [-0.4, -0.2) is 17.0 Å². The lowest BCUT2D eigenvalue weighted by atomic mass is 9.85. The van der Waals surface area contributed by atoms with E-state index in [9.17, 15) is 9.90 Å². The second-order valence-electron chi connectivity index (χ2n) is 8.07. The molecule has 33 heavy (non-hydrogen) atoms. The molecule has 0 aliphatic carbocycles. The summed E-state index contributed by atoms with van der Waals surface area (Å²) in [5, 5.41) is 10.3. The Morgan fingerprint density at radius 2 is 1.33 bits per heavy atom. The van der Waals surface area contributed by atoms with Crippen LogP contribution in [0.1, 0.15) is 40.4 Å². The van der Waals surface area contributed by atoms with Crippen molar-refractivity contribution in [3.63, 3.8) is 0 Å². The summed E-state index contributed by atoms with van der Waals surface area (Å²) < 4.78 is 5.33. The van der Waals surface area contributed by atoms with Crippen LogP contribution in [0.15, 0.2) is 109 Å². The quantitative estimate of drug-likeness (QED) is 0.207. The number of carbonyl (C=O) groups excluding carboxylic acids is 1. The number of ether oxygens (including phenoxy) is 1. The Balaban J connectivity index is 1.72. The second kappa shape index (κ2) is 10.2. The molecule has 0 aliphatic rings. The highest BCUT2D eigenvalue weighted by Crippen LogP contribution is 2.44. The first-order valence-electron chi connectivity index (χ1n) is 10.9. The van der Waals surface area contributed by atoms with E-state index < -0.39 is 10.4 Å². The van der Waals surface area contributed by atoms with E-state index >= 15 is 0 Å². The van der Waals surface area contributed by atoms with E-state index in [1.165, 1.54) is 0 Å². The zero-order chi connectivity index (χ0) is 23.3. The van der Waals surface area contributed by atoms with Gasteiger partial charge in [0.15, 0.2) is 5.78 Å². The molecular weight excluding hydrogens is 476 g/mol. The van der Waals surface area contributed by atoms with Crippen LogP contribution in [0.3, 0.4) is 0 Å². The zero-order valence-corrected chi connectivity index (χ0v) is 19.9. The summed E-state index contributed by atoms with van der Waals surface area (Å²) in [7, 11) is 0. The molecule has 0 amide bonds. The van der Waals surface area contributed by atoms with Gasteiger partial charge in [-0.3, -0.25) is 4.79 Å². The van der Waals surface area contributed by atoms with Crippen LogP contribution >= 0.6 is 15.9 Å². The minimum Gasteiger partial charge on any atom is -0.457 e. The van der Waals surface area contributed by atoms with Gasteiger partial charge in [0, 0.05) is 11.1 Å². The molecule has 0 saturated heterocycles. The molecule has 4 rings (SSSR count). The van der Waals surface area contributed by atoms with Gasteiger partial charge < -0.3 is 9.84 Å². The number of ketones is 1. The average Bonchev–Trinajstić information content (AvgIpc) is 2.84. The highest BCUT2D eigenvalue weighted by Gasteiger charge is 2.33. The van der Waals surface area contributed by atoms with Gasteiger partial charge in [0.2, 0.25) is 0 Å². The molecule has 0 saturated carbocycles. The molecular formula is C29H25BrO3. The minimum atomic E-state index is -0.704. The Morgan fingerprint density at radius 3 is 2.00 bits per heavy atom. The largest absolute Gasteiger partial charge is 0.457 e. The molecule has 0 aliphatic heterocycles. The van der Waals surface area contributed by atoms with E-state index in [0.717, 1.165) is 16.9 Å². The molecule has 0 radical (unpaired) electrons. The number of alkyl halides is 1. The maximum absolute atomic E-state index is 13.1. The van der Waals surface area contributed by atoms with Gasteiger partial charge in [-0.1, -0.05) is 94.8 Å². The molecule has 4 aromatic carbocycles. The smallest absolute Gasteiger partial charge is 0.193 e. The number of para-hydroxylation sites is 1. The maximum atomic E-state index is 13.1. The van der Waals surface area contributed by atoms with E-state index in [-0.39, 0.29) is 5.78 Å². The summed E-state index contributed by atoms with van der Waals surface area (Å²) in [6.07, 6.45) is -0.151. The molecule has 0 fully saturated rings. The molecule has 4 aromatic rings. The van der Waals surface area contributed by atoms with E-state index in [4.69, 9.17) is 4.74 Å². The number of carbonyl (C=O) groups is 1. The number of halogens is 1. The highest BCUT2D eigenvalue weighted by atomic mass is 79.9. The Kier molecular flexibility index (Phi) is 7.07. The third-order valence-electron chi connectivity index (χ3n) is 5.47. The SMILES string of the molecule is CC(O)CC(Br)(c1cccc(Oc2ccccc2)c1)c1cccc(C(=O)c2ccccc2)c1. The van der Waals surface area contributed by atoms with Crippen LogP contribution in [0.2, 0.25) is 0 Å². The second-order valence-corrected chi connectivity index (χ2v) is 9.43. The van der Waals surface area contributed by atoms with Crippen molar-refractivity contribution in [2.24, 2.45) is 0 Å². The summed E-state index contributed by atoms with van der Waals surface area (Å²) in [6.45, 7) is 1.76. The minimum absolute atomic E-state index is 0.0366. The van der Waals surface area contributed by atoms with Crippen LogP contribution in [0, 0.1) is 0 Å². The van der Waals surface area contributed by atoms with Crippen LogP contribution < -0.4 is 4.74 Å². The Labute approximate surface area is 202 Å². The predicted molar refractivity (Wildman–Crippen MR) is 135 cm³/mol. The number of aliphatic hydroxyl groups excluding tert-OH is 1. The molecule has 3 nitrogen and oxygen atoms in total. The topological polar surface area (TPSA) is 46.5 Å². The maximum Gasteiger partial charge on any atom is 0.193 e. The van der Waals surface area contributed by atoms with Crippen LogP contribution in [0.4, 0.5) is 0 Å². The lowest BCUT2D eigenvalue weighted by Gasteiger charge is -2.31. The number of rotatable bonds is 8. The lowest BCUT2D eigenvalue weighted by Crippen LogP contribution is -2.25. The van der Waals surface area contributed by atoms with Gasteiger partial charge in [-0.05, 0) is 54.8 Å². The van der Waals surface area contributed by atoms with Crippen LogP contribution in [0.5, 0.6) is 11.5 Å². The van der Waals surface area contributed by atoms with E-state index in [0.29, 0.717) is 23.3 Å². The Bertz CT molecular complexity index is 1220. The lowest BCUT2D eigenvalue weighted by molar-refractivity contribution is 0.103. The summed E-state index contributed by atoms with van der Waals surface area (Å²) in [5.41, 5.74) is 3.07. The number of hydrogen-bond donors (Lipinski definition) is 1. The van der Waals surface area contributed by atoms with E-state index in [1.807, 2.05) is 109 Å². The summed E-state index contributed by atoms with van der Waals surface area (Å²) in [4.78, 5) is 13.1. The van der Waals surface area contributed by atoms with Gasteiger partial charge in [-0.15, -0.1) is 0 Å². The van der Waals surface area contributed by atoms with Gasteiger partial charge >= 0.3 is 0 Å². The van der Waals surface area contributed by atoms with Crippen LogP contribution in [0.25, 0.3) is 0 Å². The highest BCUT2D eigenvalue weighted by molar-refractivity contribution is 9.09. The predicted octanol–water partition coefficient (Wildman–Crippen LogP) is 7.12. The fraction of sp³-hybridized carbons (Fsp3) is 0.138. The first-order chi connectivity index (χ1) is 16.0. The van der Waals surface area contributed by atoms with E-state index in [2.05, 4.69) is 15.9 Å². The van der Waals surface area contributed by atoms with Gasteiger partial charge in [0.25, 0.3) is 0 Å². The number of hydrogen-bond acceptors (Lipinski definition) is 3. The molecule has 0 bridgehead atoms. The molecule has 4 heteroatoms. The molecule has 0 aromatic heterocycles. The van der Waals surface area contributed by atoms with Crippen molar-refractivity contribution < 1.29 is 14.6 Å². The van der Waals surface area contributed by atoms with Crippen LogP contribution in [-0.2, 0) is 4.32 Å². The van der Waals surface area contributed by atoms with Crippen molar-refractivity contribution in [1.29, 1.82) is 0 Å². The van der Waals surface area contributed by atoms with Gasteiger partial charge in [-0.25, -0.2) is 0 Å². The first-order valence-corrected chi connectivity index (χ1v) is 11.7. The fourth-order valence-electron chi connectivity index (χ4n) is 3.90. The van der Waals surface area contributed by atoms with Gasteiger partial charge in [0.05, 0.1) is 10.4 Å². The molecule has 0 spiro atoms. The molecule has 1 N–H and O–H groups in total. The third kappa shape index (κ3) is 5.41. The number of aliphatic hydroxyl groups is 1. The fourth-order valence-corrected chi connectivity index (χ4v) is 4.87. The zero-order valence-electron chi connectivity index (χ0n) is 18.3. The standard InChI is InChI=1S/C29H25BrO3/c1-21(31)20-29(30,25-14-9-17-27(19-25)33-26-15-6-3-7-16-26)24-13-8-12-23(18-24)28(32)22-10-4-2-5-11-22/h2-19,21,31H,20H2,1H3. The van der Waals surface area contributed by atoms with Crippen molar-refractivity contribution in [2.75, 3.05) is 0 Å². The van der Waals surface area contributed by atoms with Gasteiger partial charge in [-0.2, -0.15) is 0 Å². The average molecular weight is 501 g/mol. The Hall–Kier alpha value is -3.21. The molecule has 2 unspecified atom stereocenters. The monoisotopic (exact) mass is 500 g/mol. The van der Waals surface area contributed by atoms with Crippen molar-refractivity contribution in [1.82, 2.24) is 0 Å². The van der Waals surface area contributed by atoms with Crippen molar-refractivity contribution >= 4 is 21.7 Å². The van der Waals surface area contributed by atoms with Crippen molar-refractivity contribution in [3.05, 3.63) is 131 Å². The third-order valence-corrected chi connectivity index (χ3v) is 6.70. The van der Waals surface area contributed by atoms with Gasteiger partial charge in [0.1, 0.15) is 11.5 Å². The van der Waals surface area contributed by atoms with E-state index in [1.54, 1.807) is 6.92 Å². The molecule has 2 atom stereocenters. The molecule has 166 valence electrons. The normalized spacial score (nSPS) is 13.7. The first kappa shape index (κ1) is 23.0. The van der Waals surface area contributed by atoms with Crippen molar-refractivity contribution in [2.45, 2.75) is 23.8 Å². The molecule has 0 heterocycles.